The summed E-state index contributed by atoms with van der Waals surface area (Å²) in [5, 5.41) is 18.1. The van der Waals surface area contributed by atoms with Crippen LogP contribution in [0, 0.1) is 17.1 Å². The Morgan fingerprint density at radius 1 is 1.23 bits per heavy atom. The van der Waals surface area contributed by atoms with E-state index in [0.29, 0.717) is 56.7 Å². The van der Waals surface area contributed by atoms with Crippen molar-refractivity contribution in [2.75, 3.05) is 22.3 Å². The minimum absolute atomic E-state index is 0.347. The van der Waals surface area contributed by atoms with Crippen molar-refractivity contribution in [2.24, 2.45) is 0 Å². The number of halogens is 2. The Morgan fingerprint density at radius 3 is 2.70 bits per heavy atom. The van der Waals surface area contributed by atoms with Gasteiger partial charge in [-0.2, -0.15) is 5.26 Å². The first-order valence-electron chi connectivity index (χ1n) is 13.6. The highest BCUT2D eigenvalue weighted by atomic mass is 35.5. The molecule has 1 aliphatic heterocycles. The topological polar surface area (TPSA) is 91.3 Å². The van der Waals surface area contributed by atoms with E-state index in [1.807, 2.05) is 59.5 Å². The molecule has 1 saturated carbocycles. The largest absolute Gasteiger partial charge is 0.373 e. The van der Waals surface area contributed by atoms with E-state index in [4.69, 9.17) is 11.6 Å². The van der Waals surface area contributed by atoms with Gasteiger partial charge in [0.05, 0.1) is 40.6 Å². The van der Waals surface area contributed by atoms with Gasteiger partial charge >= 0.3 is 0 Å². The molecule has 1 aliphatic carbocycles. The number of anilines is 3. The molecule has 2 aliphatic rings. The number of nitrogens with zero attached hydrogens (tertiary/aromatic N) is 4. The average molecular weight is 556 g/mol. The summed E-state index contributed by atoms with van der Waals surface area (Å²) in [6.45, 7) is 2.63. The van der Waals surface area contributed by atoms with Gasteiger partial charge in [0, 0.05) is 36.1 Å². The maximum Gasteiger partial charge on any atom is 0.123 e. The molecule has 1 aromatic heterocycles. The zero-order valence-electron chi connectivity index (χ0n) is 22.7. The third-order valence-electron chi connectivity index (χ3n) is 6.88. The second-order valence-electron chi connectivity index (χ2n) is 9.63. The van der Waals surface area contributed by atoms with Gasteiger partial charge in [0.15, 0.2) is 0 Å². The van der Waals surface area contributed by atoms with E-state index in [1.165, 1.54) is 18.3 Å². The quantitative estimate of drug-likeness (QED) is 0.181. The smallest absolute Gasteiger partial charge is 0.123 e. The highest BCUT2D eigenvalue weighted by molar-refractivity contribution is 6.35. The van der Waals surface area contributed by atoms with Crippen LogP contribution in [0.15, 0.2) is 84.8 Å². The maximum atomic E-state index is 13.9. The number of nitriles is 1. The first-order chi connectivity index (χ1) is 19.9. The van der Waals surface area contributed by atoms with Crippen LogP contribution in [0.25, 0.3) is 10.9 Å². The molecule has 0 bridgehead atoms. The number of rotatable bonds is 9. The first-order valence-corrected chi connectivity index (χ1v) is 13.5. The SMILES string of the molecule is [2H]C(Nc1cc(Cl)c2ncc(C#N)c(NN(CC)c3ccccc3)c2c1)(C1=CN(C2CC2)NN1)c1ccc(F)cc1. The average Bonchev–Trinajstić information content (AvgIpc) is 3.72. The van der Waals surface area contributed by atoms with Crippen LogP contribution in [0.5, 0.6) is 0 Å². The minimum atomic E-state index is -1.53. The zero-order valence-corrected chi connectivity index (χ0v) is 22.5. The minimum Gasteiger partial charge on any atom is -0.373 e. The Morgan fingerprint density at radius 2 is 2.00 bits per heavy atom. The number of hydrogen-bond acceptors (Lipinski definition) is 8. The normalized spacial score (nSPS) is 16.4. The molecular formula is C30H28ClFN8. The Hall–Kier alpha value is -4.52. The van der Waals surface area contributed by atoms with E-state index in [-0.39, 0.29) is 5.82 Å². The number of fused-ring (bicyclic) bond motifs is 1. The molecule has 0 saturated heterocycles. The van der Waals surface area contributed by atoms with Crippen molar-refractivity contribution in [1.82, 2.24) is 21.0 Å². The van der Waals surface area contributed by atoms with Crippen LogP contribution in [0.4, 0.5) is 21.5 Å². The van der Waals surface area contributed by atoms with Crippen molar-refractivity contribution >= 4 is 39.6 Å². The fourth-order valence-electron chi connectivity index (χ4n) is 4.67. The predicted molar refractivity (Wildman–Crippen MR) is 157 cm³/mol. The summed E-state index contributed by atoms with van der Waals surface area (Å²) < 4.78 is 23.5. The van der Waals surface area contributed by atoms with Crippen LogP contribution < -0.4 is 26.7 Å². The molecule has 0 radical (unpaired) electrons. The standard InChI is InChI=1S/C30H28ClFN8/c1-2-39(23-6-4-3-5-7-23)37-28-20(16-33)17-34-30-25(28)14-22(15-26(30)31)35-29(19-8-10-21(32)11-9-19)27-18-40(38-36-27)24-12-13-24/h3-11,14-15,17-18,24,29,35-36,38H,2,12-13H2,1H3,(H,34,37)/i29D. The van der Waals surface area contributed by atoms with Gasteiger partial charge in [0.25, 0.3) is 0 Å². The zero-order chi connectivity index (χ0) is 28.6. The molecule has 6 rings (SSSR count). The van der Waals surface area contributed by atoms with Gasteiger partial charge in [-0.1, -0.05) is 41.9 Å². The van der Waals surface area contributed by atoms with Crippen LogP contribution in [0.3, 0.4) is 0 Å². The molecule has 4 N–H and O–H groups in total. The monoisotopic (exact) mass is 555 g/mol. The fraction of sp³-hybridized carbons (Fsp3) is 0.200. The third-order valence-corrected chi connectivity index (χ3v) is 7.16. The van der Waals surface area contributed by atoms with Gasteiger partial charge < -0.3 is 10.7 Å². The lowest BCUT2D eigenvalue weighted by Crippen LogP contribution is -2.38. The van der Waals surface area contributed by atoms with Crippen LogP contribution in [0.1, 0.15) is 38.3 Å². The van der Waals surface area contributed by atoms with E-state index in [9.17, 15) is 11.0 Å². The number of aromatic nitrogens is 1. The van der Waals surface area contributed by atoms with Crippen molar-refractivity contribution in [1.29, 1.82) is 5.26 Å². The Bertz CT molecular complexity index is 1660. The summed E-state index contributed by atoms with van der Waals surface area (Å²) in [5.74, 6) is -0.388. The second-order valence-corrected chi connectivity index (χ2v) is 10.0. The molecule has 8 nitrogen and oxygen atoms in total. The van der Waals surface area contributed by atoms with Gasteiger partial charge in [-0.3, -0.25) is 20.4 Å². The van der Waals surface area contributed by atoms with Crippen LogP contribution in [0.2, 0.25) is 5.02 Å². The number of benzene rings is 3. The van der Waals surface area contributed by atoms with Crippen LogP contribution >= 0.6 is 11.6 Å². The van der Waals surface area contributed by atoms with Crippen LogP contribution in [-0.2, 0) is 0 Å². The lowest BCUT2D eigenvalue weighted by atomic mass is 10.0. The van der Waals surface area contributed by atoms with Gasteiger partial charge in [-0.25, -0.2) is 4.39 Å². The van der Waals surface area contributed by atoms with Crippen molar-refractivity contribution < 1.29 is 5.76 Å². The molecule has 0 spiro atoms. The molecule has 1 unspecified atom stereocenters. The molecule has 40 heavy (non-hydrogen) atoms. The maximum absolute atomic E-state index is 13.9. The first kappa shape index (κ1) is 24.5. The van der Waals surface area contributed by atoms with Gasteiger partial charge in [0.1, 0.15) is 11.9 Å². The predicted octanol–water partition coefficient (Wildman–Crippen LogP) is 6.23. The molecule has 2 heterocycles. The van der Waals surface area contributed by atoms with Crippen LogP contribution in [-0.4, -0.2) is 22.6 Å². The van der Waals surface area contributed by atoms with Gasteiger partial charge in [0.2, 0.25) is 0 Å². The van der Waals surface area contributed by atoms with Crippen molar-refractivity contribution in [3.8, 4) is 6.07 Å². The molecule has 0 amide bonds. The molecule has 4 aromatic rings. The molecule has 10 heteroatoms. The highest BCUT2D eigenvalue weighted by Gasteiger charge is 2.32. The molecule has 3 aromatic carbocycles. The summed E-state index contributed by atoms with van der Waals surface area (Å²) in [4.78, 5) is 4.47. The van der Waals surface area contributed by atoms with E-state index >= 15 is 0 Å². The van der Waals surface area contributed by atoms with E-state index in [0.717, 1.165) is 18.5 Å². The van der Waals surface area contributed by atoms with Crippen molar-refractivity contribution in [3.05, 3.63) is 107 Å². The second kappa shape index (κ2) is 10.9. The lowest BCUT2D eigenvalue weighted by molar-refractivity contribution is 0.260. The summed E-state index contributed by atoms with van der Waals surface area (Å²) in [5.41, 5.74) is 13.6. The van der Waals surface area contributed by atoms with Crippen molar-refractivity contribution in [2.45, 2.75) is 31.8 Å². The molecular weight excluding hydrogens is 527 g/mol. The van der Waals surface area contributed by atoms with E-state index < -0.39 is 6.02 Å². The number of nitrogens with one attached hydrogen (secondary N) is 4. The number of hydrogen-bond donors (Lipinski definition) is 4. The number of para-hydroxylation sites is 1. The van der Waals surface area contributed by atoms with E-state index in [1.54, 1.807) is 18.2 Å². The molecule has 1 fully saturated rings. The van der Waals surface area contributed by atoms with Gasteiger partial charge in [-0.15, -0.1) is 5.53 Å². The molecule has 1 atom stereocenters. The lowest BCUT2D eigenvalue weighted by Gasteiger charge is -2.27. The number of pyridine rings is 1. The summed E-state index contributed by atoms with van der Waals surface area (Å²) >= 11 is 6.76. The van der Waals surface area contributed by atoms with Crippen molar-refractivity contribution in [3.63, 3.8) is 0 Å². The third kappa shape index (κ3) is 5.19. The summed E-state index contributed by atoms with van der Waals surface area (Å²) in [6, 6.07) is 20.2. The molecule has 202 valence electrons. The number of hydrazine groups is 3. The van der Waals surface area contributed by atoms with Gasteiger partial charge in [-0.05, 0) is 61.7 Å². The summed E-state index contributed by atoms with van der Waals surface area (Å²) in [7, 11) is 0. The highest BCUT2D eigenvalue weighted by Crippen LogP contribution is 2.37. The Kier molecular flexibility index (Phi) is 6.70. The Balaban J connectivity index is 1.44. The van der Waals surface area contributed by atoms with E-state index in [2.05, 4.69) is 32.8 Å². The fourth-order valence-corrected chi connectivity index (χ4v) is 4.93. The summed E-state index contributed by atoms with van der Waals surface area (Å²) in [6.07, 6.45) is 5.50. The Labute approximate surface area is 238 Å².